The van der Waals surface area contributed by atoms with Crippen LogP contribution in [0.2, 0.25) is 0 Å². The van der Waals surface area contributed by atoms with Gasteiger partial charge in [0.1, 0.15) is 0 Å². The number of alkyl halides is 1. The molecule has 0 radical (unpaired) electrons. The molecule has 0 aromatic carbocycles. The molecule has 1 rings (SSSR count). The molecule has 1 aromatic heterocycles. The van der Waals surface area contributed by atoms with Crippen molar-refractivity contribution in [3.8, 4) is 0 Å². The van der Waals surface area contributed by atoms with E-state index in [-0.39, 0.29) is 0 Å². The lowest BCUT2D eigenvalue weighted by Gasteiger charge is -2.08. The van der Waals surface area contributed by atoms with Gasteiger partial charge in [-0.3, -0.25) is 4.68 Å². The minimum absolute atomic E-state index is 0.691. The molecule has 3 heteroatoms. The second-order valence-corrected chi connectivity index (χ2v) is 5.67. The standard InChI is InChI=1S/C13H23BrN2/c1-4-7-12(14)8-6-9-13-10-11(3)15-16(13)5-2/h10,12H,4-9H2,1-3H3. The lowest BCUT2D eigenvalue weighted by atomic mass is 10.1. The topological polar surface area (TPSA) is 17.8 Å². The Balaban J connectivity index is 2.36. The summed E-state index contributed by atoms with van der Waals surface area (Å²) in [6.07, 6.45) is 6.22. The van der Waals surface area contributed by atoms with Crippen molar-refractivity contribution in [2.45, 2.75) is 64.2 Å². The number of aryl methyl sites for hydroxylation is 3. The fourth-order valence-electron chi connectivity index (χ4n) is 2.04. The normalized spacial score (nSPS) is 13.0. The van der Waals surface area contributed by atoms with Crippen LogP contribution in [0.15, 0.2) is 6.07 Å². The summed E-state index contributed by atoms with van der Waals surface area (Å²) >= 11 is 3.73. The molecule has 0 fully saturated rings. The summed E-state index contributed by atoms with van der Waals surface area (Å²) in [5, 5.41) is 4.47. The number of aromatic nitrogens is 2. The molecule has 0 aliphatic rings. The average molecular weight is 287 g/mol. The first-order valence-electron chi connectivity index (χ1n) is 6.34. The third-order valence-corrected chi connectivity index (χ3v) is 3.75. The number of hydrogen-bond acceptors (Lipinski definition) is 1. The maximum absolute atomic E-state index is 4.47. The molecule has 16 heavy (non-hydrogen) atoms. The highest BCUT2D eigenvalue weighted by atomic mass is 79.9. The van der Waals surface area contributed by atoms with Crippen LogP contribution < -0.4 is 0 Å². The van der Waals surface area contributed by atoms with Crippen molar-refractivity contribution < 1.29 is 0 Å². The largest absolute Gasteiger partial charge is 0.270 e. The van der Waals surface area contributed by atoms with Gasteiger partial charge in [-0.2, -0.15) is 5.10 Å². The molecular weight excluding hydrogens is 264 g/mol. The Labute approximate surface area is 108 Å². The van der Waals surface area contributed by atoms with Gasteiger partial charge in [-0.25, -0.2) is 0 Å². The molecule has 1 aromatic rings. The molecule has 0 N–H and O–H groups in total. The quantitative estimate of drug-likeness (QED) is 0.690. The predicted octanol–water partition coefficient (Wildman–Crippen LogP) is 4.10. The van der Waals surface area contributed by atoms with Crippen LogP contribution in [0.4, 0.5) is 0 Å². The highest BCUT2D eigenvalue weighted by Gasteiger charge is 2.06. The molecule has 1 atom stereocenters. The number of hydrogen-bond donors (Lipinski definition) is 0. The monoisotopic (exact) mass is 286 g/mol. The third kappa shape index (κ3) is 4.28. The van der Waals surface area contributed by atoms with E-state index in [0.717, 1.165) is 18.7 Å². The Bertz CT molecular complexity index is 307. The van der Waals surface area contributed by atoms with Gasteiger partial charge in [-0.1, -0.05) is 29.3 Å². The van der Waals surface area contributed by atoms with Gasteiger partial charge in [0.25, 0.3) is 0 Å². The van der Waals surface area contributed by atoms with E-state index in [4.69, 9.17) is 0 Å². The Morgan fingerprint density at radius 3 is 2.75 bits per heavy atom. The van der Waals surface area contributed by atoms with Crippen LogP contribution in [0.1, 0.15) is 50.9 Å². The van der Waals surface area contributed by atoms with Crippen LogP contribution in [0, 0.1) is 6.92 Å². The van der Waals surface area contributed by atoms with E-state index < -0.39 is 0 Å². The maximum Gasteiger partial charge on any atom is 0.0596 e. The van der Waals surface area contributed by atoms with Crippen molar-refractivity contribution in [1.82, 2.24) is 9.78 Å². The van der Waals surface area contributed by atoms with E-state index in [9.17, 15) is 0 Å². The minimum Gasteiger partial charge on any atom is -0.270 e. The summed E-state index contributed by atoms with van der Waals surface area (Å²) in [6, 6.07) is 2.21. The SMILES string of the molecule is CCCC(Br)CCCc1cc(C)nn1CC. The Morgan fingerprint density at radius 2 is 2.12 bits per heavy atom. The predicted molar refractivity (Wildman–Crippen MR) is 73.2 cm³/mol. The Morgan fingerprint density at radius 1 is 1.38 bits per heavy atom. The van der Waals surface area contributed by atoms with Crippen LogP contribution >= 0.6 is 15.9 Å². The van der Waals surface area contributed by atoms with E-state index in [1.54, 1.807) is 0 Å². The highest BCUT2D eigenvalue weighted by Crippen LogP contribution is 2.16. The number of nitrogens with zero attached hydrogens (tertiary/aromatic N) is 2. The van der Waals surface area contributed by atoms with Crippen molar-refractivity contribution in [2.24, 2.45) is 0 Å². The molecule has 0 spiro atoms. The third-order valence-electron chi connectivity index (χ3n) is 2.84. The van der Waals surface area contributed by atoms with E-state index >= 15 is 0 Å². The second kappa shape index (κ2) is 7.10. The molecule has 0 saturated heterocycles. The summed E-state index contributed by atoms with van der Waals surface area (Å²) < 4.78 is 2.12. The highest BCUT2D eigenvalue weighted by molar-refractivity contribution is 9.09. The summed E-state index contributed by atoms with van der Waals surface area (Å²) in [5.41, 5.74) is 2.52. The van der Waals surface area contributed by atoms with Crippen molar-refractivity contribution >= 4 is 15.9 Å². The van der Waals surface area contributed by atoms with E-state index in [2.05, 4.69) is 52.5 Å². The first-order valence-corrected chi connectivity index (χ1v) is 7.26. The zero-order valence-corrected chi connectivity index (χ0v) is 12.3. The van der Waals surface area contributed by atoms with E-state index in [1.807, 2.05) is 0 Å². The van der Waals surface area contributed by atoms with Gasteiger partial charge in [-0.05, 0) is 45.6 Å². The number of rotatable bonds is 7. The van der Waals surface area contributed by atoms with Gasteiger partial charge in [0.05, 0.1) is 5.69 Å². The smallest absolute Gasteiger partial charge is 0.0596 e. The lowest BCUT2D eigenvalue weighted by molar-refractivity contribution is 0.588. The fourth-order valence-corrected chi connectivity index (χ4v) is 2.82. The summed E-state index contributed by atoms with van der Waals surface area (Å²) in [7, 11) is 0. The molecular formula is C13H23BrN2. The average Bonchev–Trinajstić information content (AvgIpc) is 2.59. The van der Waals surface area contributed by atoms with Crippen molar-refractivity contribution in [3.05, 3.63) is 17.5 Å². The van der Waals surface area contributed by atoms with Crippen LogP contribution in [0.5, 0.6) is 0 Å². The molecule has 0 amide bonds. The molecule has 0 aliphatic carbocycles. The zero-order valence-electron chi connectivity index (χ0n) is 10.7. The van der Waals surface area contributed by atoms with Crippen molar-refractivity contribution in [1.29, 1.82) is 0 Å². The van der Waals surface area contributed by atoms with Gasteiger partial charge in [0.15, 0.2) is 0 Å². The van der Waals surface area contributed by atoms with Crippen LogP contribution in [-0.4, -0.2) is 14.6 Å². The van der Waals surface area contributed by atoms with Gasteiger partial charge in [-0.15, -0.1) is 0 Å². The first kappa shape index (κ1) is 13.8. The minimum atomic E-state index is 0.691. The van der Waals surface area contributed by atoms with E-state index in [1.165, 1.54) is 31.4 Å². The van der Waals surface area contributed by atoms with Gasteiger partial charge in [0, 0.05) is 17.1 Å². The molecule has 2 nitrogen and oxygen atoms in total. The Hall–Kier alpha value is -0.310. The second-order valence-electron chi connectivity index (χ2n) is 4.37. The van der Waals surface area contributed by atoms with Crippen LogP contribution in [0.25, 0.3) is 0 Å². The summed E-state index contributed by atoms with van der Waals surface area (Å²) in [5.74, 6) is 0. The van der Waals surface area contributed by atoms with Gasteiger partial charge in [0.2, 0.25) is 0 Å². The van der Waals surface area contributed by atoms with E-state index in [0.29, 0.717) is 4.83 Å². The van der Waals surface area contributed by atoms with Crippen molar-refractivity contribution in [3.63, 3.8) is 0 Å². The van der Waals surface area contributed by atoms with Gasteiger partial charge < -0.3 is 0 Å². The molecule has 0 bridgehead atoms. The summed E-state index contributed by atoms with van der Waals surface area (Å²) in [4.78, 5) is 0.691. The van der Waals surface area contributed by atoms with Gasteiger partial charge >= 0.3 is 0 Å². The zero-order chi connectivity index (χ0) is 12.0. The molecule has 1 unspecified atom stereocenters. The number of halogens is 1. The van der Waals surface area contributed by atoms with Crippen molar-refractivity contribution in [2.75, 3.05) is 0 Å². The molecule has 1 heterocycles. The lowest BCUT2D eigenvalue weighted by Crippen LogP contribution is -2.04. The Kier molecular flexibility index (Phi) is 6.10. The first-order chi connectivity index (χ1) is 7.67. The fraction of sp³-hybridized carbons (Fsp3) is 0.769. The molecule has 0 aliphatic heterocycles. The van der Waals surface area contributed by atoms with Crippen LogP contribution in [-0.2, 0) is 13.0 Å². The summed E-state index contributed by atoms with van der Waals surface area (Å²) in [6.45, 7) is 7.44. The molecule has 0 saturated carbocycles. The maximum atomic E-state index is 4.47. The van der Waals surface area contributed by atoms with Crippen LogP contribution in [0.3, 0.4) is 0 Å². The molecule has 92 valence electrons.